The zero-order valence-electron chi connectivity index (χ0n) is 11.0. The average molecular weight is 296 g/mol. The van der Waals surface area contributed by atoms with Crippen LogP contribution in [0.25, 0.3) is 0 Å². The van der Waals surface area contributed by atoms with Gasteiger partial charge in [-0.2, -0.15) is 13.1 Å². The lowest BCUT2D eigenvalue weighted by atomic mass is 10.2. The van der Waals surface area contributed by atoms with Crippen LogP contribution in [-0.4, -0.2) is 38.2 Å². The summed E-state index contributed by atoms with van der Waals surface area (Å²) in [5.74, 6) is -0.876. The molecule has 0 aromatic carbocycles. The van der Waals surface area contributed by atoms with Crippen LogP contribution in [0.4, 0.5) is 4.79 Å². The maximum Gasteiger partial charge on any atom is 0.422 e. The van der Waals surface area contributed by atoms with Crippen LogP contribution in [-0.2, 0) is 19.7 Å². The first kappa shape index (κ1) is 17.6. The molecule has 3 N–H and O–H groups in total. The minimum atomic E-state index is -3.92. The summed E-state index contributed by atoms with van der Waals surface area (Å²) in [5, 5.41) is 8.40. The number of amides is 1. The van der Waals surface area contributed by atoms with Gasteiger partial charge < -0.3 is 9.84 Å². The predicted molar refractivity (Wildman–Crippen MR) is 67.8 cm³/mol. The lowest BCUT2D eigenvalue weighted by Gasteiger charge is -2.10. The van der Waals surface area contributed by atoms with Crippen molar-refractivity contribution in [2.75, 3.05) is 6.54 Å². The van der Waals surface area contributed by atoms with Crippen molar-refractivity contribution in [1.82, 2.24) is 9.44 Å². The first-order chi connectivity index (χ1) is 8.73. The topological polar surface area (TPSA) is 122 Å². The van der Waals surface area contributed by atoms with Crippen molar-refractivity contribution in [1.29, 1.82) is 0 Å². The Morgan fingerprint density at radius 2 is 1.84 bits per heavy atom. The summed E-state index contributed by atoms with van der Waals surface area (Å²) in [6.07, 6.45) is 0.184. The molecule has 0 unspecified atom stereocenters. The SMILES string of the molecule is CC(C)OC(=O)NS(=O)(=O)NCCCCCC(=O)O. The molecule has 112 valence electrons. The molecule has 0 heterocycles. The Labute approximate surface area is 112 Å². The molecule has 0 rings (SSSR count). The summed E-state index contributed by atoms with van der Waals surface area (Å²) in [5.41, 5.74) is 0. The normalized spacial score (nSPS) is 11.3. The molecule has 0 aliphatic rings. The van der Waals surface area contributed by atoms with Crippen LogP contribution in [0.2, 0.25) is 0 Å². The quantitative estimate of drug-likeness (QED) is 0.536. The van der Waals surface area contributed by atoms with Gasteiger partial charge in [-0.1, -0.05) is 6.42 Å². The van der Waals surface area contributed by atoms with Gasteiger partial charge in [0.2, 0.25) is 0 Å². The molecule has 0 saturated carbocycles. The van der Waals surface area contributed by atoms with Gasteiger partial charge in [0, 0.05) is 13.0 Å². The number of hydrogen-bond donors (Lipinski definition) is 3. The molecule has 9 heteroatoms. The van der Waals surface area contributed by atoms with Crippen LogP contribution in [0.3, 0.4) is 0 Å². The van der Waals surface area contributed by atoms with Crippen LogP contribution in [0, 0.1) is 0 Å². The summed E-state index contributed by atoms with van der Waals surface area (Å²) in [6.45, 7) is 3.33. The maximum absolute atomic E-state index is 11.3. The Hall–Kier alpha value is -1.35. The van der Waals surface area contributed by atoms with E-state index in [1.807, 2.05) is 0 Å². The van der Waals surface area contributed by atoms with Crippen LogP contribution in [0.1, 0.15) is 39.5 Å². The first-order valence-electron chi connectivity index (χ1n) is 5.93. The van der Waals surface area contributed by atoms with Gasteiger partial charge in [-0.3, -0.25) is 4.79 Å². The van der Waals surface area contributed by atoms with E-state index in [1.54, 1.807) is 18.6 Å². The summed E-state index contributed by atoms with van der Waals surface area (Å²) in [4.78, 5) is 21.3. The molecular weight excluding hydrogens is 276 g/mol. The highest BCUT2D eigenvalue weighted by Gasteiger charge is 2.15. The number of carbonyl (C=O) groups excluding carboxylic acids is 1. The second-order valence-electron chi connectivity index (χ2n) is 4.16. The van der Waals surface area contributed by atoms with Crippen molar-refractivity contribution in [3.8, 4) is 0 Å². The van der Waals surface area contributed by atoms with Crippen molar-refractivity contribution in [2.24, 2.45) is 0 Å². The van der Waals surface area contributed by atoms with Crippen molar-refractivity contribution in [3.05, 3.63) is 0 Å². The van der Waals surface area contributed by atoms with Crippen LogP contribution in [0.5, 0.6) is 0 Å². The van der Waals surface area contributed by atoms with E-state index >= 15 is 0 Å². The second kappa shape index (κ2) is 8.70. The molecule has 0 fully saturated rings. The fourth-order valence-electron chi connectivity index (χ4n) is 1.17. The summed E-state index contributed by atoms with van der Waals surface area (Å²) in [6, 6.07) is 0. The number of carboxylic acid groups (broad SMARTS) is 1. The fraction of sp³-hybridized carbons (Fsp3) is 0.800. The lowest BCUT2D eigenvalue weighted by Crippen LogP contribution is -2.41. The van der Waals surface area contributed by atoms with Crippen LogP contribution < -0.4 is 9.44 Å². The molecule has 1 amide bonds. The Morgan fingerprint density at radius 1 is 1.21 bits per heavy atom. The van der Waals surface area contributed by atoms with E-state index in [-0.39, 0.29) is 13.0 Å². The number of carboxylic acids is 1. The molecule has 0 radical (unpaired) electrons. The van der Waals surface area contributed by atoms with E-state index in [9.17, 15) is 18.0 Å². The number of hydrogen-bond acceptors (Lipinski definition) is 5. The second-order valence-corrected chi connectivity index (χ2v) is 5.66. The number of unbranched alkanes of at least 4 members (excludes halogenated alkanes) is 2. The van der Waals surface area contributed by atoms with Gasteiger partial charge in [0.15, 0.2) is 0 Å². The third-order valence-corrected chi connectivity index (χ3v) is 2.94. The molecule has 8 nitrogen and oxygen atoms in total. The minimum absolute atomic E-state index is 0.0612. The van der Waals surface area contributed by atoms with Gasteiger partial charge in [0.1, 0.15) is 0 Å². The molecule has 0 spiro atoms. The van der Waals surface area contributed by atoms with Crippen LogP contribution >= 0.6 is 0 Å². The molecule has 0 saturated heterocycles. The smallest absolute Gasteiger partial charge is 0.422 e. The van der Waals surface area contributed by atoms with Crippen molar-refractivity contribution in [2.45, 2.75) is 45.6 Å². The number of rotatable bonds is 9. The van der Waals surface area contributed by atoms with E-state index in [0.717, 1.165) is 0 Å². The Kier molecular flexibility index (Phi) is 8.08. The predicted octanol–water partition coefficient (Wildman–Crippen LogP) is 0.600. The highest BCUT2D eigenvalue weighted by atomic mass is 32.2. The standard InChI is InChI=1S/C10H20N2O6S/c1-8(2)18-10(15)12-19(16,17)11-7-5-3-4-6-9(13)14/h8,11H,3-7H2,1-2H3,(H,12,15)(H,13,14). The van der Waals surface area contributed by atoms with Gasteiger partial charge in [-0.05, 0) is 26.7 Å². The number of ether oxygens (including phenoxy) is 1. The van der Waals surface area contributed by atoms with E-state index < -0.39 is 28.4 Å². The van der Waals surface area contributed by atoms with Gasteiger partial charge in [0.05, 0.1) is 6.10 Å². The minimum Gasteiger partial charge on any atom is -0.481 e. The Balaban J connectivity index is 3.79. The van der Waals surface area contributed by atoms with E-state index in [4.69, 9.17) is 5.11 Å². The molecule has 0 aliphatic heterocycles. The maximum atomic E-state index is 11.3. The Morgan fingerprint density at radius 3 is 2.37 bits per heavy atom. The summed E-state index contributed by atoms with van der Waals surface area (Å²) < 4.78 is 31.2. The van der Waals surface area contributed by atoms with E-state index in [0.29, 0.717) is 19.3 Å². The van der Waals surface area contributed by atoms with Crippen molar-refractivity contribution < 1.29 is 27.9 Å². The monoisotopic (exact) mass is 296 g/mol. The highest BCUT2D eigenvalue weighted by molar-refractivity contribution is 7.88. The van der Waals surface area contributed by atoms with Gasteiger partial charge in [0.25, 0.3) is 0 Å². The molecule has 0 aromatic heterocycles. The van der Waals surface area contributed by atoms with Crippen LogP contribution in [0.15, 0.2) is 0 Å². The molecule has 0 aromatic rings. The summed E-state index contributed by atoms with van der Waals surface area (Å²) in [7, 11) is -3.92. The van der Waals surface area contributed by atoms with E-state index in [2.05, 4.69) is 9.46 Å². The van der Waals surface area contributed by atoms with Gasteiger partial charge in [-0.25, -0.2) is 9.52 Å². The average Bonchev–Trinajstić information content (AvgIpc) is 2.20. The third kappa shape index (κ3) is 11.5. The highest BCUT2D eigenvalue weighted by Crippen LogP contribution is 1.99. The zero-order valence-corrected chi connectivity index (χ0v) is 11.8. The number of carbonyl (C=O) groups is 2. The van der Waals surface area contributed by atoms with Gasteiger partial charge >= 0.3 is 22.3 Å². The first-order valence-corrected chi connectivity index (χ1v) is 7.41. The molecule has 0 atom stereocenters. The Bertz CT molecular complexity index is 393. The lowest BCUT2D eigenvalue weighted by molar-refractivity contribution is -0.137. The zero-order chi connectivity index (χ0) is 14.9. The number of nitrogens with one attached hydrogen (secondary N) is 2. The third-order valence-electron chi connectivity index (χ3n) is 1.92. The molecule has 19 heavy (non-hydrogen) atoms. The van der Waals surface area contributed by atoms with Gasteiger partial charge in [-0.15, -0.1) is 0 Å². The molecular formula is C10H20N2O6S. The molecule has 0 bridgehead atoms. The molecule has 0 aliphatic carbocycles. The van der Waals surface area contributed by atoms with Crippen molar-refractivity contribution in [3.63, 3.8) is 0 Å². The number of aliphatic carboxylic acids is 1. The van der Waals surface area contributed by atoms with Crippen molar-refractivity contribution >= 4 is 22.3 Å². The summed E-state index contributed by atoms with van der Waals surface area (Å²) >= 11 is 0. The largest absolute Gasteiger partial charge is 0.481 e. The fourth-order valence-corrected chi connectivity index (χ4v) is 1.92. The van der Waals surface area contributed by atoms with E-state index in [1.165, 1.54) is 0 Å².